The maximum Gasteiger partial charge on any atom is 0.0719 e. The highest BCUT2D eigenvalue weighted by atomic mass is 32.1. The average molecular weight is 489 g/mol. The molecule has 0 atom stereocenters. The summed E-state index contributed by atoms with van der Waals surface area (Å²) in [6.45, 7) is 0. The first-order valence-electron chi connectivity index (χ1n) is 12.6. The fraction of sp³-hybridized carbons (Fsp3) is 0. The van der Waals surface area contributed by atoms with Crippen LogP contribution in [0.3, 0.4) is 0 Å². The zero-order valence-corrected chi connectivity index (χ0v) is 20.6. The minimum absolute atomic E-state index is 1.17. The molecule has 0 aliphatic carbocycles. The van der Waals surface area contributed by atoms with Crippen LogP contribution < -0.4 is 0 Å². The molecule has 0 fully saturated rings. The lowest BCUT2D eigenvalue weighted by Gasteiger charge is -2.08. The summed E-state index contributed by atoms with van der Waals surface area (Å²) >= 11 is 1.90. The summed E-state index contributed by atoms with van der Waals surface area (Å²) in [5.41, 5.74) is 6.07. The smallest absolute Gasteiger partial charge is 0.0719 e. The lowest BCUT2D eigenvalue weighted by Crippen LogP contribution is -1.93. The van der Waals surface area contributed by atoms with Crippen LogP contribution in [-0.2, 0) is 0 Å². The van der Waals surface area contributed by atoms with Gasteiger partial charge < -0.3 is 9.55 Å². The highest BCUT2D eigenvalue weighted by molar-refractivity contribution is 7.26. The highest BCUT2D eigenvalue weighted by Gasteiger charge is 2.19. The van der Waals surface area contributed by atoms with Crippen LogP contribution in [0.1, 0.15) is 0 Å². The van der Waals surface area contributed by atoms with E-state index in [4.69, 9.17) is 0 Å². The summed E-state index contributed by atoms with van der Waals surface area (Å²) in [5, 5.41) is 10.4. The molecule has 3 heterocycles. The van der Waals surface area contributed by atoms with E-state index in [0.29, 0.717) is 0 Å². The van der Waals surface area contributed by atoms with Gasteiger partial charge in [-0.2, -0.15) is 0 Å². The van der Waals surface area contributed by atoms with Crippen LogP contribution in [-0.4, -0.2) is 9.55 Å². The molecule has 9 aromatic rings. The molecule has 0 amide bonds. The van der Waals surface area contributed by atoms with Gasteiger partial charge in [0.15, 0.2) is 0 Å². The van der Waals surface area contributed by atoms with E-state index in [1.165, 1.54) is 80.2 Å². The van der Waals surface area contributed by atoms with E-state index < -0.39 is 0 Å². The van der Waals surface area contributed by atoms with Crippen LogP contribution in [0.4, 0.5) is 0 Å². The Morgan fingerprint density at radius 3 is 2.24 bits per heavy atom. The maximum atomic E-state index is 3.73. The Morgan fingerprint density at radius 2 is 1.32 bits per heavy atom. The van der Waals surface area contributed by atoms with E-state index in [0.717, 1.165) is 0 Å². The molecular formula is C34H20N2S. The molecule has 0 bridgehead atoms. The van der Waals surface area contributed by atoms with Crippen LogP contribution in [0.5, 0.6) is 0 Å². The summed E-state index contributed by atoms with van der Waals surface area (Å²) in [6.07, 6.45) is 0. The van der Waals surface area contributed by atoms with Crippen LogP contribution in [0.2, 0.25) is 0 Å². The number of para-hydroxylation sites is 1. The van der Waals surface area contributed by atoms with Gasteiger partial charge >= 0.3 is 0 Å². The van der Waals surface area contributed by atoms with Crippen molar-refractivity contribution in [3.05, 3.63) is 115 Å². The molecule has 0 saturated heterocycles. The molecule has 6 aromatic carbocycles. The van der Waals surface area contributed by atoms with E-state index >= 15 is 0 Å². The Balaban J connectivity index is 1.53. The second-order valence-corrected chi connectivity index (χ2v) is 10.9. The van der Waals surface area contributed by atoms with Gasteiger partial charge in [0.1, 0.15) is 0 Å². The summed E-state index contributed by atoms with van der Waals surface area (Å²) in [4.78, 5) is 3.73. The van der Waals surface area contributed by atoms with Gasteiger partial charge in [0.25, 0.3) is 0 Å². The van der Waals surface area contributed by atoms with Crippen molar-refractivity contribution in [2.45, 2.75) is 0 Å². The van der Waals surface area contributed by atoms with Crippen LogP contribution >= 0.6 is 11.3 Å². The third-order valence-electron chi connectivity index (χ3n) is 7.89. The zero-order chi connectivity index (χ0) is 24.1. The standard InChI is InChI=1S/C34H20N2S/c1-2-9-21(10-3-1)36-30-19-29-27(32-22-11-5-4-8-20(22)14-17-28(32)35-29)18-26(30)24-15-16-25-23-12-6-7-13-31(23)37-34(25)33(24)36/h1-19,35H. The number of benzene rings is 6. The van der Waals surface area contributed by atoms with Crippen molar-refractivity contribution in [1.29, 1.82) is 0 Å². The van der Waals surface area contributed by atoms with Gasteiger partial charge in [0.05, 0.1) is 15.7 Å². The van der Waals surface area contributed by atoms with Crippen LogP contribution in [0.15, 0.2) is 115 Å². The molecule has 2 nitrogen and oxygen atoms in total. The molecule has 0 spiro atoms. The topological polar surface area (TPSA) is 20.7 Å². The largest absolute Gasteiger partial charge is 0.354 e. The average Bonchev–Trinajstić information content (AvgIpc) is 3.61. The Kier molecular flexibility index (Phi) is 3.70. The van der Waals surface area contributed by atoms with Crippen molar-refractivity contribution in [2.75, 3.05) is 0 Å². The summed E-state index contributed by atoms with van der Waals surface area (Å²) in [6, 6.07) is 42.1. The van der Waals surface area contributed by atoms with Gasteiger partial charge in [-0.25, -0.2) is 0 Å². The second kappa shape index (κ2) is 7.00. The van der Waals surface area contributed by atoms with Crippen molar-refractivity contribution >= 4 is 85.9 Å². The number of hydrogen-bond acceptors (Lipinski definition) is 1. The first kappa shape index (κ1) is 19.6. The minimum atomic E-state index is 1.17. The molecular weight excluding hydrogens is 468 g/mol. The molecule has 0 saturated carbocycles. The van der Waals surface area contributed by atoms with Gasteiger partial charge in [0.2, 0.25) is 0 Å². The Morgan fingerprint density at radius 1 is 0.541 bits per heavy atom. The van der Waals surface area contributed by atoms with E-state index in [1.807, 2.05) is 11.3 Å². The molecule has 0 aliphatic heterocycles. The molecule has 0 unspecified atom stereocenters. The van der Waals surface area contributed by atoms with E-state index in [2.05, 4.69) is 125 Å². The van der Waals surface area contributed by atoms with Crippen molar-refractivity contribution in [2.24, 2.45) is 0 Å². The second-order valence-electron chi connectivity index (χ2n) is 9.86. The third kappa shape index (κ3) is 2.54. The lowest BCUT2D eigenvalue weighted by molar-refractivity contribution is 1.19. The monoisotopic (exact) mass is 488 g/mol. The SMILES string of the molecule is c1ccc(-n2c3cc4[nH]c5ccc6ccccc6c5c4cc3c3ccc4c5ccccc5sc4c32)cc1. The van der Waals surface area contributed by atoms with Crippen molar-refractivity contribution in [3.8, 4) is 5.69 Å². The number of thiophene rings is 1. The number of H-pyrrole nitrogens is 1. The number of nitrogens with zero attached hydrogens (tertiary/aromatic N) is 1. The van der Waals surface area contributed by atoms with Crippen molar-refractivity contribution in [1.82, 2.24) is 9.55 Å². The molecule has 0 aliphatic rings. The van der Waals surface area contributed by atoms with Crippen LogP contribution in [0, 0.1) is 0 Å². The predicted molar refractivity (Wildman–Crippen MR) is 161 cm³/mol. The minimum Gasteiger partial charge on any atom is -0.354 e. The third-order valence-corrected chi connectivity index (χ3v) is 9.09. The maximum absolute atomic E-state index is 3.73. The summed E-state index contributed by atoms with van der Waals surface area (Å²) in [7, 11) is 0. The van der Waals surface area contributed by atoms with Gasteiger partial charge in [-0.1, -0.05) is 78.9 Å². The van der Waals surface area contributed by atoms with Crippen LogP contribution in [0.25, 0.3) is 80.2 Å². The normalized spacial score (nSPS) is 12.3. The van der Waals surface area contributed by atoms with Gasteiger partial charge in [-0.3, -0.25) is 0 Å². The molecule has 3 heteroatoms. The Hall–Kier alpha value is -4.60. The first-order chi connectivity index (χ1) is 18.3. The molecule has 0 radical (unpaired) electrons. The number of nitrogens with one attached hydrogen (secondary N) is 1. The van der Waals surface area contributed by atoms with E-state index in [9.17, 15) is 0 Å². The van der Waals surface area contributed by atoms with Gasteiger partial charge in [-0.15, -0.1) is 11.3 Å². The summed E-state index contributed by atoms with van der Waals surface area (Å²) < 4.78 is 5.14. The summed E-state index contributed by atoms with van der Waals surface area (Å²) in [5.74, 6) is 0. The zero-order valence-electron chi connectivity index (χ0n) is 19.8. The number of fused-ring (bicyclic) bond motifs is 12. The fourth-order valence-electron chi connectivity index (χ4n) is 6.29. The van der Waals surface area contributed by atoms with Crippen molar-refractivity contribution < 1.29 is 0 Å². The van der Waals surface area contributed by atoms with Gasteiger partial charge in [-0.05, 0) is 47.2 Å². The fourth-order valence-corrected chi connectivity index (χ4v) is 7.53. The quantitative estimate of drug-likeness (QED) is 0.237. The Labute approximate surface area is 216 Å². The highest BCUT2D eigenvalue weighted by Crippen LogP contribution is 2.44. The number of hydrogen-bond donors (Lipinski definition) is 1. The first-order valence-corrected chi connectivity index (χ1v) is 13.4. The molecule has 172 valence electrons. The number of rotatable bonds is 1. The predicted octanol–water partition coefficient (Wildman–Crippen LogP) is 9.94. The van der Waals surface area contributed by atoms with Gasteiger partial charge in [0, 0.05) is 53.7 Å². The molecule has 37 heavy (non-hydrogen) atoms. The molecule has 9 rings (SSSR count). The lowest BCUT2D eigenvalue weighted by atomic mass is 10.0. The molecule has 1 N–H and O–H groups in total. The number of aromatic nitrogens is 2. The van der Waals surface area contributed by atoms with Crippen molar-refractivity contribution in [3.63, 3.8) is 0 Å². The molecule has 3 aromatic heterocycles. The number of aromatic amines is 1. The Bertz CT molecular complexity index is 2350. The van der Waals surface area contributed by atoms with E-state index in [1.54, 1.807) is 0 Å². The van der Waals surface area contributed by atoms with E-state index in [-0.39, 0.29) is 0 Å².